The fourth-order valence-corrected chi connectivity index (χ4v) is 3.37. The van der Waals surface area contributed by atoms with E-state index in [1.54, 1.807) is 0 Å². The van der Waals surface area contributed by atoms with Crippen molar-refractivity contribution in [3.63, 3.8) is 0 Å². The number of carbonyl (C=O) groups is 1. The first-order chi connectivity index (χ1) is 10.3. The van der Waals surface area contributed by atoms with Crippen molar-refractivity contribution in [3.05, 3.63) is 52.5 Å². The number of Topliss-reactive ketones (excluding diaryl/α,β-unsaturated/α-hetero) is 1. The molecular weight excluding hydrogens is 372 g/mol. The third kappa shape index (κ3) is 3.66. The van der Waals surface area contributed by atoms with Crippen LogP contribution in [0.4, 0.5) is 0 Å². The van der Waals surface area contributed by atoms with E-state index in [4.69, 9.17) is 8.92 Å². The fraction of sp³-hybridized carbons (Fsp3) is 0.133. The van der Waals surface area contributed by atoms with E-state index in [1.165, 1.54) is 56.5 Å². The van der Waals surface area contributed by atoms with Crippen molar-refractivity contribution in [2.75, 3.05) is 7.11 Å². The average molecular weight is 385 g/mol. The molecule has 2 aromatic rings. The molecule has 7 heteroatoms. The van der Waals surface area contributed by atoms with E-state index >= 15 is 0 Å². The number of hydrogen-bond acceptors (Lipinski definition) is 5. The van der Waals surface area contributed by atoms with E-state index in [-0.39, 0.29) is 16.4 Å². The molecule has 0 aliphatic rings. The summed E-state index contributed by atoms with van der Waals surface area (Å²) >= 11 is 3.23. The molecule has 0 aromatic heterocycles. The minimum atomic E-state index is -3.96. The van der Waals surface area contributed by atoms with E-state index < -0.39 is 10.1 Å². The first-order valence-electron chi connectivity index (χ1n) is 6.22. The third-order valence-corrected chi connectivity index (χ3v) is 4.74. The lowest BCUT2D eigenvalue weighted by Crippen LogP contribution is -2.10. The number of halogens is 1. The van der Waals surface area contributed by atoms with Crippen LogP contribution in [0.25, 0.3) is 0 Å². The van der Waals surface area contributed by atoms with Gasteiger partial charge in [0, 0.05) is 5.56 Å². The summed E-state index contributed by atoms with van der Waals surface area (Å²) in [5, 5.41) is 0. The Bertz CT molecular complexity index is 797. The highest BCUT2D eigenvalue weighted by molar-refractivity contribution is 9.10. The van der Waals surface area contributed by atoms with Gasteiger partial charge in [-0.05, 0) is 65.3 Å². The van der Waals surface area contributed by atoms with Crippen LogP contribution in [0, 0.1) is 0 Å². The van der Waals surface area contributed by atoms with Crippen LogP contribution < -0.4 is 8.92 Å². The van der Waals surface area contributed by atoms with Crippen LogP contribution in [0.2, 0.25) is 0 Å². The Balaban J connectivity index is 2.27. The number of ether oxygens (including phenoxy) is 1. The molecule has 0 fully saturated rings. The van der Waals surface area contributed by atoms with Crippen molar-refractivity contribution in [1.82, 2.24) is 0 Å². The van der Waals surface area contributed by atoms with Gasteiger partial charge in [-0.1, -0.05) is 0 Å². The molecule has 0 spiro atoms. The number of methoxy groups -OCH3 is 1. The molecule has 0 amide bonds. The zero-order valence-corrected chi connectivity index (χ0v) is 14.3. The highest BCUT2D eigenvalue weighted by Gasteiger charge is 2.18. The van der Waals surface area contributed by atoms with E-state index in [0.29, 0.717) is 15.8 Å². The zero-order valence-electron chi connectivity index (χ0n) is 11.9. The second-order valence-electron chi connectivity index (χ2n) is 4.41. The van der Waals surface area contributed by atoms with Crippen LogP contribution in [-0.4, -0.2) is 21.3 Å². The maximum atomic E-state index is 12.2. The minimum absolute atomic E-state index is 0.00387. The Labute approximate surface area is 137 Å². The largest absolute Gasteiger partial charge is 0.496 e. The van der Waals surface area contributed by atoms with Crippen LogP contribution in [0.1, 0.15) is 17.3 Å². The number of rotatable bonds is 5. The second-order valence-corrected chi connectivity index (χ2v) is 6.82. The number of carbonyl (C=O) groups excluding carboxylic acids is 1. The Kier molecular flexibility index (Phi) is 4.87. The third-order valence-electron chi connectivity index (χ3n) is 2.88. The number of benzene rings is 2. The molecule has 0 radical (unpaired) electrons. The summed E-state index contributed by atoms with van der Waals surface area (Å²) in [7, 11) is -2.48. The molecule has 0 N–H and O–H groups in total. The quantitative estimate of drug-likeness (QED) is 0.583. The van der Waals surface area contributed by atoms with Crippen LogP contribution in [0.3, 0.4) is 0 Å². The van der Waals surface area contributed by atoms with Crippen LogP contribution in [0.5, 0.6) is 11.5 Å². The van der Waals surface area contributed by atoms with Gasteiger partial charge in [0.25, 0.3) is 0 Å². The van der Waals surface area contributed by atoms with Crippen molar-refractivity contribution >= 4 is 31.8 Å². The van der Waals surface area contributed by atoms with Crippen molar-refractivity contribution in [2.24, 2.45) is 0 Å². The van der Waals surface area contributed by atoms with Crippen LogP contribution in [0.15, 0.2) is 51.8 Å². The molecule has 0 heterocycles. The first kappa shape index (κ1) is 16.5. The second kappa shape index (κ2) is 6.50. The predicted molar refractivity (Wildman–Crippen MR) is 85.0 cm³/mol. The molecule has 22 heavy (non-hydrogen) atoms. The maximum absolute atomic E-state index is 12.2. The van der Waals surface area contributed by atoms with Gasteiger partial charge in [-0.15, -0.1) is 0 Å². The Morgan fingerprint density at radius 3 is 2.23 bits per heavy atom. The minimum Gasteiger partial charge on any atom is -0.496 e. The molecule has 0 saturated heterocycles. The fourth-order valence-electron chi connectivity index (χ4n) is 1.72. The maximum Gasteiger partial charge on any atom is 0.339 e. The highest BCUT2D eigenvalue weighted by atomic mass is 79.9. The van der Waals surface area contributed by atoms with Gasteiger partial charge < -0.3 is 8.92 Å². The van der Waals surface area contributed by atoms with Crippen LogP contribution >= 0.6 is 15.9 Å². The molecule has 2 rings (SSSR count). The summed E-state index contributed by atoms with van der Waals surface area (Å²) in [5.41, 5.74) is 0.483. The lowest BCUT2D eigenvalue weighted by Gasteiger charge is -2.09. The van der Waals surface area contributed by atoms with Gasteiger partial charge in [-0.2, -0.15) is 8.42 Å². The zero-order chi connectivity index (χ0) is 16.3. The van der Waals surface area contributed by atoms with Gasteiger partial charge in [0.15, 0.2) is 5.78 Å². The molecule has 0 saturated carbocycles. The number of ketones is 1. The Hall–Kier alpha value is -1.86. The van der Waals surface area contributed by atoms with Gasteiger partial charge in [0.1, 0.15) is 16.4 Å². The van der Waals surface area contributed by atoms with Gasteiger partial charge in [-0.3, -0.25) is 4.79 Å². The van der Waals surface area contributed by atoms with Gasteiger partial charge >= 0.3 is 10.1 Å². The average Bonchev–Trinajstić information content (AvgIpc) is 2.47. The lowest BCUT2D eigenvalue weighted by atomic mass is 10.1. The molecule has 0 bridgehead atoms. The molecule has 0 aliphatic carbocycles. The van der Waals surface area contributed by atoms with Gasteiger partial charge in [0.05, 0.1) is 11.6 Å². The topological polar surface area (TPSA) is 69.7 Å². The summed E-state index contributed by atoms with van der Waals surface area (Å²) in [6.45, 7) is 1.43. The van der Waals surface area contributed by atoms with Crippen molar-refractivity contribution in [1.29, 1.82) is 0 Å². The predicted octanol–water partition coefficient (Wildman–Crippen LogP) is 3.43. The molecule has 0 aliphatic heterocycles. The summed E-state index contributed by atoms with van der Waals surface area (Å²) in [5.74, 6) is 0.551. The van der Waals surface area contributed by atoms with Crippen molar-refractivity contribution in [2.45, 2.75) is 11.8 Å². The molecule has 0 unspecified atom stereocenters. The Morgan fingerprint density at radius 2 is 1.73 bits per heavy atom. The number of hydrogen-bond donors (Lipinski definition) is 0. The van der Waals surface area contributed by atoms with E-state index in [1.807, 2.05) is 0 Å². The Morgan fingerprint density at radius 1 is 1.09 bits per heavy atom. The molecule has 2 aromatic carbocycles. The summed E-state index contributed by atoms with van der Waals surface area (Å²) in [4.78, 5) is 11.2. The van der Waals surface area contributed by atoms with Crippen molar-refractivity contribution in [3.8, 4) is 11.5 Å². The SMILES string of the molecule is COc1ccc(S(=O)(=O)Oc2ccc(C(C)=O)cc2)cc1Br. The van der Waals surface area contributed by atoms with Gasteiger partial charge in [-0.25, -0.2) is 0 Å². The molecule has 5 nitrogen and oxygen atoms in total. The van der Waals surface area contributed by atoms with Gasteiger partial charge in [0.2, 0.25) is 0 Å². The molecular formula is C15H13BrO5S. The lowest BCUT2D eigenvalue weighted by molar-refractivity contribution is 0.101. The van der Waals surface area contributed by atoms with E-state index in [2.05, 4.69) is 15.9 Å². The molecule has 0 atom stereocenters. The standard InChI is InChI=1S/C15H13BrO5S/c1-10(17)11-3-5-12(6-4-11)21-22(18,19)13-7-8-15(20-2)14(16)9-13/h3-9H,1-2H3. The normalized spacial score (nSPS) is 11.0. The van der Waals surface area contributed by atoms with E-state index in [0.717, 1.165) is 0 Å². The monoisotopic (exact) mass is 384 g/mol. The van der Waals surface area contributed by atoms with Crippen molar-refractivity contribution < 1.29 is 22.1 Å². The van der Waals surface area contributed by atoms with E-state index in [9.17, 15) is 13.2 Å². The molecule has 116 valence electrons. The summed E-state index contributed by atoms with van der Waals surface area (Å²) in [6, 6.07) is 10.2. The van der Waals surface area contributed by atoms with Crippen LogP contribution in [-0.2, 0) is 10.1 Å². The summed E-state index contributed by atoms with van der Waals surface area (Å²) < 4.78 is 35.1. The highest BCUT2D eigenvalue weighted by Crippen LogP contribution is 2.28. The smallest absolute Gasteiger partial charge is 0.339 e. The summed E-state index contributed by atoms with van der Waals surface area (Å²) in [6.07, 6.45) is 0. The first-order valence-corrected chi connectivity index (χ1v) is 8.42.